The van der Waals surface area contributed by atoms with Gasteiger partial charge >= 0.3 is 0 Å². The van der Waals surface area contributed by atoms with Crippen LogP contribution in [0.2, 0.25) is 0 Å². The third-order valence-electron chi connectivity index (χ3n) is 3.91. The fourth-order valence-corrected chi connectivity index (χ4v) is 2.74. The fourth-order valence-electron chi connectivity index (χ4n) is 2.74. The van der Waals surface area contributed by atoms with Crippen LogP contribution >= 0.6 is 0 Å². The third kappa shape index (κ3) is 3.41. The molecule has 1 N–H and O–H groups in total. The van der Waals surface area contributed by atoms with Gasteiger partial charge in [-0.2, -0.15) is 0 Å². The average molecular weight is 276 g/mol. The summed E-state index contributed by atoms with van der Waals surface area (Å²) >= 11 is 0. The number of anilines is 2. The zero-order valence-corrected chi connectivity index (χ0v) is 13.4. The first-order valence-corrected chi connectivity index (χ1v) is 8.02. The van der Waals surface area contributed by atoms with Gasteiger partial charge in [0.05, 0.1) is 0 Å². The maximum absolute atomic E-state index is 4.82. The SMILES string of the molecule is CCCNc1nc(CCC)nc(N2CCC(C)C2)c1C. The first-order chi connectivity index (χ1) is 9.65. The molecule has 1 aromatic rings. The molecule has 0 saturated carbocycles. The summed E-state index contributed by atoms with van der Waals surface area (Å²) in [5.74, 6) is 3.92. The second-order valence-electron chi connectivity index (χ2n) is 5.95. The van der Waals surface area contributed by atoms with E-state index in [1.807, 2.05) is 0 Å². The molecule has 1 aliphatic heterocycles. The van der Waals surface area contributed by atoms with Crippen molar-refractivity contribution in [3.63, 3.8) is 0 Å². The van der Waals surface area contributed by atoms with Crippen molar-refractivity contribution in [2.45, 2.75) is 53.4 Å². The van der Waals surface area contributed by atoms with E-state index in [4.69, 9.17) is 9.97 Å². The van der Waals surface area contributed by atoms with Crippen molar-refractivity contribution < 1.29 is 0 Å². The van der Waals surface area contributed by atoms with Crippen LogP contribution < -0.4 is 10.2 Å². The Morgan fingerprint density at radius 3 is 2.65 bits per heavy atom. The molecule has 1 atom stereocenters. The van der Waals surface area contributed by atoms with Gasteiger partial charge < -0.3 is 10.2 Å². The second kappa shape index (κ2) is 6.91. The van der Waals surface area contributed by atoms with Crippen LogP contribution in [0.4, 0.5) is 11.6 Å². The highest BCUT2D eigenvalue weighted by atomic mass is 15.2. The van der Waals surface area contributed by atoms with Gasteiger partial charge in [0, 0.05) is 31.6 Å². The molecule has 112 valence electrons. The molecule has 1 aromatic heterocycles. The number of rotatable bonds is 6. The van der Waals surface area contributed by atoms with Gasteiger partial charge in [0.15, 0.2) is 0 Å². The number of aryl methyl sites for hydroxylation is 1. The van der Waals surface area contributed by atoms with Crippen molar-refractivity contribution in [3.8, 4) is 0 Å². The Morgan fingerprint density at radius 1 is 1.25 bits per heavy atom. The first-order valence-electron chi connectivity index (χ1n) is 8.02. The molecule has 0 amide bonds. The van der Waals surface area contributed by atoms with Gasteiger partial charge in [0.1, 0.15) is 17.5 Å². The van der Waals surface area contributed by atoms with E-state index < -0.39 is 0 Å². The van der Waals surface area contributed by atoms with E-state index in [-0.39, 0.29) is 0 Å². The van der Waals surface area contributed by atoms with Gasteiger partial charge in [-0.1, -0.05) is 20.8 Å². The molecule has 2 heterocycles. The van der Waals surface area contributed by atoms with Gasteiger partial charge in [-0.15, -0.1) is 0 Å². The van der Waals surface area contributed by atoms with E-state index in [9.17, 15) is 0 Å². The molecular formula is C16H28N4. The van der Waals surface area contributed by atoms with Crippen LogP contribution in [0.1, 0.15) is 51.4 Å². The Balaban J connectivity index is 2.30. The monoisotopic (exact) mass is 276 g/mol. The number of hydrogen-bond donors (Lipinski definition) is 1. The van der Waals surface area contributed by atoms with Crippen LogP contribution in [0.3, 0.4) is 0 Å². The van der Waals surface area contributed by atoms with E-state index in [0.29, 0.717) is 0 Å². The number of aromatic nitrogens is 2. The predicted octanol–water partition coefficient (Wildman–Crippen LogP) is 3.41. The lowest BCUT2D eigenvalue weighted by atomic mass is 10.2. The van der Waals surface area contributed by atoms with E-state index in [1.54, 1.807) is 0 Å². The summed E-state index contributed by atoms with van der Waals surface area (Å²) in [5.41, 5.74) is 1.20. The normalized spacial score (nSPS) is 18.6. The van der Waals surface area contributed by atoms with Crippen LogP contribution in [0.5, 0.6) is 0 Å². The van der Waals surface area contributed by atoms with Crippen molar-refractivity contribution in [2.75, 3.05) is 29.9 Å². The largest absolute Gasteiger partial charge is 0.370 e. The molecule has 1 saturated heterocycles. The fraction of sp³-hybridized carbons (Fsp3) is 0.750. The van der Waals surface area contributed by atoms with Crippen molar-refractivity contribution in [2.24, 2.45) is 5.92 Å². The Morgan fingerprint density at radius 2 is 2.05 bits per heavy atom. The van der Waals surface area contributed by atoms with Gasteiger partial charge in [-0.3, -0.25) is 0 Å². The summed E-state index contributed by atoms with van der Waals surface area (Å²) in [7, 11) is 0. The number of nitrogens with zero attached hydrogens (tertiary/aromatic N) is 3. The molecule has 1 unspecified atom stereocenters. The van der Waals surface area contributed by atoms with Crippen LogP contribution in [0.15, 0.2) is 0 Å². The maximum atomic E-state index is 4.82. The third-order valence-corrected chi connectivity index (χ3v) is 3.91. The van der Waals surface area contributed by atoms with Crippen LogP contribution in [0, 0.1) is 12.8 Å². The topological polar surface area (TPSA) is 41.1 Å². The van der Waals surface area contributed by atoms with Gasteiger partial charge in [0.25, 0.3) is 0 Å². The molecular weight excluding hydrogens is 248 g/mol. The van der Waals surface area contributed by atoms with Crippen LogP contribution in [-0.2, 0) is 6.42 Å². The highest BCUT2D eigenvalue weighted by Crippen LogP contribution is 2.28. The van der Waals surface area contributed by atoms with Crippen molar-refractivity contribution in [1.82, 2.24) is 9.97 Å². The summed E-state index contributed by atoms with van der Waals surface area (Å²) in [6, 6.07) is 0. The summed E-state index contributed by atoms with van der Waals surface area (Å²) in [4.78, 5) is 12.0. The molecule has 1 aliphatic rings. The smallest absolute Gasteiger partial charge is 0.137 e. The molecule has 0 radical (unpaired) electrons. The summed E-state index contributed by atoms with van der Waals surface area (Å²) < 4.78 is 0. The van der Waals surface area contributed by atoms with Crippen LogP contribution in [0.25, 0.3) is 0 Å². The Kier molecular flexibility index (Phi) is 5.21. The van der Waals surface area contributed by atoms with E-state index in [1.165, 1.54) is 12.0 Å². The lowest BCUT2D eigenvalue weighted by Crippen LogP contribution is -2.23. The highest BCUT2D eigenvalue weighted by molar-refractivity contribution is 5.59. The minimum Gasteiger partial charge on any atom is -0.370 e. The standard InChI is InChI=1S/C16H28N4/c1-5-7-14-18-15(17-9-6-2)13(4)16(19-14)20-10-8-12(3)11-20/h12H,5-11H2,1-4H3,(H,17,18,19). The van der Waals surface area contributed by atoms with Gasteiger partial charge in [0.2, 0.25) is 0 Å². The number of hydrogen-bond acceptors (Lipinski definition) is 4. The van der Waals surface area contributed by atoms with Crippen molar-refractivity contribution in [1.29, 1.82) is 0 Å². The molecule has 0 spiro atoms. The van der Waals surface area contributed by atoms with Gasteiger partial charge in [-0.25, -0.2) is 9.97 Å². The molecule has 4 nitrogen and oxygen atoms in total. The molecule has 0 aliphatic carbocycles. The van der Waals surface area contributed by atoms with Crippen molar-refractivity contribution in [3.05, 3.63) is 11.4 Å². The van der Waals surface area contributed by atoms with E-state index in [0.717, 1.165) is 62.3 Å². The molecule has 2 rings (SSSR count). The summed E-state index contributed by atoms with van der Waals surface area (Å²) in [5, 5.41) is 3.46. The lowest BCUT2D eigenvalue weighted by Gasteiger charge is -2.22. The highest BCUT2D eigenvalue weighted by Gasteiger charge is 2.23. The molecule has 1 fully saturated rings. The summed E-state index contributed by atoms with van der Waals surface area (Å²) in [6.07, 6.45) is 4.43. The summed E-state index contributed by atoms with van der Waals surface area (Å²) in [6.45, 7) is 12.0. The number of nitrogens with one attached hydrogen (secondary N) is 1. The maximum Gasteiger partial charge on any atom is 0.137 e. The zero-order chi connectivity index (χ0) is 14.5. The van der Waals surface area contributed by atoms with Gasteiger partial charge in [-0.05, 0) is 32.1 Å². The quantitative estimate of drug-likeness (QED) is 0.864. The van der Waals surface area contributed by atoms with Crippen LogP contribution in [-0.4, -0.2) is 29.6 Å². The van der Waals surface area contributed by atoms with E-state index in [2.05, 4.69) is 37.9 Å². The minimum absolute atomic E-state index is 0.769. The molecule has 4 heteroatoms. The molecule has 0 aromatic carbocycles. The molecule has 20 heavy (non-hydrogen) atoms. The average Bonchev–Trinajstić information content (AvgIpc) is 2.85. The predicted molar refractivity (Wildman–Crippen MR) is 85.5 cm³/mol. The Labute approximate surface area is 123 Å². The Hall–Kier alpha value is -1.32. The van der Waals surface area contributed by atoms with E-state index >= 15 is 0 Å². The molecule has 0 bridgehead atoms. The second-order valence-corrected chi connectivity index (χ2v) is 5.95. The first kappa shape index (κ1) is 15.1. The lowest BCUT2D eigenvalue weighted by molar-refractivity contribution is 0.658. The minimum atomic E-state index is 0.769. The van der Waals surface area contributed by atoms with Crippen molar-refractivity contribution >= 4 is 11.6 Å². The Bertz CT molecular complexity index is 444. The zero-order valence-electron chi connectivity index (χ0n) is 13.4.